The highest BCUT2D eigenvalue weighted by Crippen LogP contribution is 2.20. The third-order valence-corrected chi connectivity index (χ3v) is 3.36. The molecule has 1 aromatic heterocycles. The van der Waals surface area contributed by atoms with E-state index in [-0.39, 0.29) is 12.5 Å². The lowest BCUT2D eigenvalue weighted by atomic mass is 9.99. The highest BCUT2D eigenvalue weighted by Gasteiger charge is 2.47. The number of hydrogen-bond acceptors (Lipinski definition) is 4. The van der Waals surface area contributed by atoms with Gasteiger partial charge in [-0.05, 0) is 11.4 Å². The predicted molar refractivity (Wildman–Crippen MR) is 63.6 cm³/mol. The smallest absolute Gasteiger partial charge is 0.255 e. The van der Waals surface area contributed by atoms with E-state index in [1.165, 1.54) is 12.0 Å². The molecule has 88 valence electrons. The van der Waals surface area contributed by atoms with Crippen LogP contribution in [0.4, 0.5) is 0 Å². The maximum atomic E-state index is 11.5. The number of aldehydes is 1. The van der Waals surface area contributed by atoms with Crippen molar-refractivity contribution >= 4 is 23.5 Å². The normalized spacial score (nSPS) is 22.6. The molecule has 0 N–H and O–H groups in total. The van der Waals surface area contributed by atoms with Crippen LogP contribution in [0.3, 0.4) is 0 Å². The molecule has 0 aliphatic carbocycles. The van der Waals surface area contributed by atoms with Gasteiger partial charge in [-0.1, -0.05) is 17.9 Å². The van der Waals surface area contributed by atoms with Crippen LogP contribution in [0.15, 0.2) is 17.5 Å². The van der Waals surface area contributed by atoms with E-state index < -0.39 is 12.1 Å². The Morgan fingerprint density at radius 3 is 3.06 bits per heavy atom. The Morgan fingerprint density at radius 1 is 1.65 bits per heavy atom. The summed E-state index contributed by atoms with van der Waals surface area (Å²) in [5, 5.41) is 1.94. The number of amides is 1. The lowest BCUT2D eigenvalue weighted by molar-refractivity contribution is -0.169. The SMILES string of the molecule is CO[C@H]1C(=O)N(CC#Cc2cccs2)[C@H]1C=O. The molecular weight excluding hydrogens is 238 g/mol. The molecule has 2 heterocycles. The summed E-state index contributed by atoms with van der Waals surface area (Å²) in [6.45, 7) is 0.264. The molecule has 0 saturated carbocycles. The molecule has 1 saturated heterocycles. The number of hydrogen-bond donors (Lipinski definition) is 0. The van der Waals surface area contributed by atoms with E-state index in [1.54, 1.807) is 11.3 Å². The molecule has 0 spiro atoms. The first-order valence-corrected chi connectivity index (χ1v) is 5.97. The Hall–Kier alpha value is -1.64. The summed E-state index contributed by atoms with van der Waals surface area (Å²) in [5.74, 6) is 5.64. The number of β-lactam (4-membered cyclic amide) rings is 1. The molecule has 1 aliphatic rings. The number of methoxy groups -OCH3 is 1. The number of ether oxygens (including phenoxy) is 1. The summed E-state index contributed by atoms with van der Waals surface area (Å²) in [6, 6.07) is 3.33. The Kier molecular flexibility index (Phi) is 3.57. The number of nitrogens with zero attached hydrogens (tertiary/aromatic N) is 1. The molecule has 1 fully saturated rings. The van der Waals surface area contributed by atoms with Gasteiger partial charge in [-0.3, -0.25) is 4.79 Å². The highest BCUT2D eigenvalue weighted by molar-refractivity contribution is 7.10. The van der Waals surface area contributed by atoms with Crippen LogP contribution in [0.25, 0.3) is 0 Å². The third-order valence-electron chi connectivity index (χ3n) is 2.57. The molecule has 2 atom stereocenters. The van der Waals surface area contributed by atoms with Crippen molar-refractivity contribution < 1.29 is 14.3 Å². The van der Waals surface area contributed by atoms with Crippen LogP contribution in [0.1, 0.15) is 4.88 Å². The van der Waals surface area contributed by atoms with Crippen molar-refractivity contribution in [2.24, 2.45) is 0 Å². The van der Waals surface area contributed by atoms with Gasteiger partial charge in [0.2, 0.25) is 0 Å². The van der Waals surface area contributed by atoms with Crippen LogP contribution in [0, 0.1) is 11.8 Å². The van der Waals surface area contributed by atoms with E-state index in [0.29, 0.717) is 0 Å². The van der Waals surface area contributed by atoms with Crippen molar-refractivity contribution in [1.29, 1.82) is 0 Å². The van der Waals surface area contributed by atoms with E-state index in [0.717, 1.165) is 11.2 Å². The minimum atomic E-state index is -0.629. The molecule has 0 unspecified atom stereocenters. The summed E-state index contributed by atoms with van der Waals surface area (Å²) in [5.41, 5.74) is 0. The second-order valence-electron chi connectivity index (χ2n) is 3.53. The Labute approximate surface area is 103 Å². The molecule has 0 aromatic carbocycles. The summed E-state index contributed by atoms with van der Waals surface area (Å²) >= 11 is 1.54. The molecule has 0 radical (unpaired) electrons. The molecule has 1 amide bonds. The van der Waals surface area contributed by atoms with E-state index in [2.05, 4.69) is 11.8 Å². The Morgan fingerprint density at radius 2 is 2.47 bits per heavy atom. The van der Waals surface area contributed by atoms with Gasteiger partial charge in [0.1, 0.15) is 12.3 Å². The van der Waals surface area contributed by atoms with Crippen LogP contribution < -0.4 is 0 Å². The first-order valence-electron chi connectivity index (χ1n) is 5.09. The quantitative estimate of drug-likeness (QED) is 0.446. The van der Waals surface area contributed by atoms with Crippen molar-refractivity contribution in [1.82, 2.24) is 4.90 Å². The maximum absolute atomic E-state index is 11.5. The zero-order valence-corrected chi connectivity index (χ0v) is 10.1. The van der Waals surface area contributed by atoms with E-state index in [9.17, 15) is 9.59 Å². The standard InChI is InChI=1S/C12H11NO3S/c1-16-11-10(8-14)13(12(11)15)6-2-4-9-5-3-7-17-9/h3,5,7-8,10-11H,6H2,1H3/t10-,11+/m0/s1. The molecular formula is C12H11NO3S. The second-order valence-corrected chi connectivity index (χ2v) is 4.48. The zero-order valence-electron chi connectivity index (χ0n) is 9.25. The lowest BCUT2D eigenvalue weighted by Crippen LogP contribution is -2.66. The van der Waals surface area contributed by atoms with Gasteiger partial charge in [0, 0.05) is 7.11 Å². The number of rotatable bonds is 3. The van der Waals surface area contributed by atoms with Crippen molar-refractivity contribution in [2.75, 3.05) is 13.7 Å². The van der Waals surface area contributed by atoms with Crippen LogP contribution in [-0.4, -0.2) is 42.9 Å². The van der Waals surface area contributed by atoms with Gasteiger partial charge in [-0.15, -0.1) is 11.3 Å². The average molecular weight is 249 g/mol. The lowest BCUT2D eigenvalue weighted by Gasteiger charge is -2.41. The summed E-state index contributed by atoms with van der Waals surface area (Å²) in [7, 11) is 1.42. The Bertz CT molecular complexity index is 472. The molecule has 4 nitrogen and oxygen atoms in total. The maximum Gasteiger partial charge on any atom is 0.255 e. The van der Waals surface area contributed by atoms with Gasteiger partial charge >= 0.3 is 0 Å². The van der Waals surface area contributed by atoms with Gasteiger partial charge in [0.05, 0.1) is 11.4 Å². The predicted octanol–water partition coefficient (Wildman–Crippen LogP) is 0.524. The molecule has 2 rings (SSSR count). The van der Waals surface area contributed by atoms with Crippen molar-refractivity contribution in [2.45, 2.75) is 12.1 Å². The summed E-state index contributed by atoms with van der Waals surface area (Å²) < 4.78 is 4.92. The minimum Gasteiger partial charge on any atom is -0.369 e. The fourth-order valence-electron chi connectivity index (χ4n) is 1.67. The topological polar surface area (TPSA) is 46.6 Å². The molecule has 0 bridgehead atoms. The minimum absolute atomic E-state index is 0.176. The van der Waals surface area contributed by atoms with Crippen molar-refractivity contribution in [3.8, 4) is 11.8 Å². The third kappa shape index (κ3) is 2.23. The first kappa shape index (κ1) is 11.8. The Balaban J connectivity index is 1.96. The number of likely N-dealkylation sites (tertiary alicyclic amines) is 1. The van der Waals surface area contributed by atoms with Gasteiger partial charge in [0.25, 0.3) is 5.91 Å². The van der Waals surface area contributed by atoms with Crippen LogP contribution in [0.2, 0.25) is 0 Å². The zero-order chi connectivity index (χ0) is 12.3. The number of thiophene rings is 1. The first-order chi connectivity index (χ1) is 8.27. The summed E-state index contributed by atoms with van der Waals surface area (Å²) in [6.07, 6.45) is 0.0959. The molecule has 1 aromatic rings. The number of carbonyl (C=O) groups excluding carboxylic acids is 2. The van der Waals surface area contributed by atoms with E-state index >= 15 is 0 Å². The van der Waals surface area contributed by atoms with Crippen molar-refractivity contribution in [3.63, 3.8) is 0 Å². The van der Waals surface area contributed by atoms with Crippen LogP contribution in [-0.2, 0) is 14.3 Å². The second kappa shape index (κ2) is 5.13. The van der Waals surface area contributed by atoms with Gasteiger partial charge in [-0.25, -0.2) is 0 Å². The van der Waals surface area contributed by atoms with E-state index in [4.69, 9.17) is 4.74 Å². The van der Waals surface area contributed by atoms with Crippen LogP contribution in [0.5, 0.6) is 0 Å². The largest absolute Gasteiger partial charge is 0.369 e. The monoisotopic (exact) mass is 249 g/mol. The van der Waals surface area contributed by atoms with Crippen LogP contribution >= 0.6 is 11.3 Å². The van der Waals surface area contributed by atoms with Gasteiger partial charge in [-0.2, -0.15) is 0 Å². The summed E-state index contributed by atoms with van der Waals surface area (Å²) in [4.78, 5) is 24.7. The fourth-order valence-corrected chi connectivity index (χ4v) is 2.26. The molecule has 1 aliphatic heterocycles. The molecule has 17 heavy (non-hydrogen) atoms. The van der Waals surface area contributed by atoms with E-state index in [1.807, 2.05) is 17.5 Å². The average Bonchev–Trinajstić information content (AvgIpc) is 2.84. The van der Waals surface area contributed by atoms with Gasteiger partial charge in [0.15, 0.2) is 6.10 Å². The molecule has 5 heteroatoms. The van der Waals surface area contributed by atoms with Gasteiger partial charge < -0.3 is 14.4 Å². The fraction of sp³-hybridized carbons (Fsp3) is 0.333. The highest BCUT2D eigenvalue weighted by atomic mass is 32.1. The number of carbonyl (C=O) groups is 2. The van der Waals surface area contributed by atoms with Crippen molar-refractivity contribution in [3.05, 3.63) is 22.4 Å².